The monoisotopic (exact) mass is 373 g/mol. The Kier molecular flexibility index (Phi) is 11.2. The van der Waals surface area contributed by atoms with Crippen molar-refractivity contribution in [3.05, 3.63) is 29.3 Å². The van der Waals surface area contributed by atoms with Crippen molar-refractivity contribution in [2.45, 2.75) is 46.5 Å². The summed E-state index contributed by atoms with van der Waals surface area (Å²) >= 11 is 1.74. The number of para-hydroxylation sites is 1. The summed E-state index contributed by atoms with van der Waals surface area (Å²) in [6.45, 7) is 6.48. The standard InChI is InChI=1S/C8H7NS.C8H16O2.BrH/c1-6-9-7-4-2-3-5-8(7)10-6;1-3-5-6-7-8(9)10-4-2;/h2-5H,1H3;3-7H2,1-2H3;1H. The SMILES string of the molecule is Br.CCCCCC(=O)OCC.Cc1nc2ccccc2s1. The van der Waals surface area contributed by atoms with Gasteiger partial charge in [-0.15, -0.1) is 28.3 Å². The van der Waals surface area contributed by atoms with Crippen LogP contribution in [0.25, 0.3) is 10.2 Å². The highest BCUT2D eigenvalue weighted by Crippen LogP contribution is 2.19. The number of fused-ring (bicyclic) bond motifs is 1. The zero-order chi connectivity index (χ0) is 14.8. The summed E-state index contributed by atoms with van der Waals surface area (Å²) < 4.78 is 6.03. The summed E-state index contributed by atoms with van der Waals surface area (Å²) in [5.74, 6) is -0.0593. The van der Waals surface area contributed by atoms with Gasteiger partial charge >= 0.3 is 5.97 Å². The maximum absolute atomic E-state index is 10.7. The molecule has 1 aromatic carbocycles. The first-order valence-electron chi connectivity index (χ1n) is 7.15. The van der Waals surface area contributed by atoms with Gasteiger partial charge in [-0.1, -0.05) is 31.9 Å². The maximum Gasteiger partial charge on any atom is 0.305 e. The number of ether oxygens (including phenoxy) is 1. The molecule has 0 bridgehead atoms. The summed E-state index contributed by atoms with van der Waals surface area (Å²) in [6.07, 6.45) is 3.83. The fourth-order valence-corrected chi connectivity index (χ4v) is 2.57. The van der Waals surface area contributed by atoms with Crippen LogP contribution >= 0.6 is 28.3 Å². The van der Waals surface area contributed by atoms with E-state index in [-0.39, 0.29) is 23.0 Å². The van der Waals surface area contributed by atoms with E-state index < -0.39 is 0 Å². The van der Waals surface area contributed by atoms with Gasteiger partial charge in [-0.3, -0.25) is 4.79 Å². The zero-order valence-electron chi connectivity index (χ0n) is 12.9. The van der Waals surface area contributed by atoms with Gasteiger partial charge in [0.2, 0.25) is 0 Å². The van der Waals surface area contributed by atoms with Crippen molar-refractivity contribution >= 4 is 44.5 Å². The van der Waals surface area contributed by atoms with Crippen LogP contribution in [-0.2, 0) is 9.53 Å². The van der Waals surface area contributed by atoms with Crippen molar-refractivity contribution in [3.8, 4) is 0 Å². The average molecular weight is 374 g/mol. The lowest BCUT2D eigenvalue weighted by molar-refractivity contribution is -0.143. The molecule has 21 heavy (non-hydrogen) atoms. The van der Waals surface area contributed by atoms with Crippen molar-refractivity contribution in [3.63, 3.8) is 0 Å². The molecule has 0 N–H and O–H groups in total. The van der Waals surface area contributed by atoms with Crippen LogP contribution in [0.5, 0.6) is 0 Å². The fourth-order valence-electron chi connectivity index (χ4n) is 1.74. The third-order valence-corrected chi connectivity index (χ3v) is 3.64. The van der Waals surface area contributed by atoms with E-state index in [1.165, 1.54) is 4.70 Å². The third-order valence-electron chi connectivity index (χ3n) is 2.69. The molecule has 2 rings (SSSR count). The lowest BCUT2D eigenvalue weighted by atomic mass is 10.2. The second kappa shape index (κ2) is 11.7. The van der Waals surface area contributed by atoms with Crippen LogP contribution in [0.1, 0.15) is 44.5 Å². The van der Waals surface area contributed by atoms with Gasteiger partial charge in [0.25, 0.3) is 0 Å². The highest BCUT2D eigenvalue weighted by Gasteiger charge is 1.98. The van der Waals surface area contributed by atoms with E-state index in [9.17, 15) is 4.79 Å². The molecule has 0 aliphatic heterocycles. The first-order chi connectivity index (χ1) is 9.67. The molecule has 5 heteroatoms. The van der Waals surface area contributed by atoms with Crippen LogP contribution in [0.2, 0.25) is 0 Å². The predicted molar refractivity (Wildman–Crippen MR) is 95.5 cm³/mol. The summed E-state index contributed by atoms with van der Waals surface area (Å²) in [7, 11) is 0. The highest BCUT2D eigenvalue weighted by molar-refractivity contribution is 8.93. The number of nitrogens with zero attached hydrogens (tertiary/aromatic N) is 1. The number of esters is 1. The molecule has 0 atom stereocenters. The van der Waals surface area contributed by atoms with Crippen molar-refractivity contribution in [2.75, 3.05) is 6.61 Å². The highest BCUT2D eigenvalue weighted by atomic mass is 79.9. The molecule has 0 unspecified atom stereocenters. The van der Waals surface area contributed by atoms with Gasteiger partial charge in [-0.2, -0.15) is 0 Å². The molecule has 118 valence electrons. The fraction of sp³-hybridized carbons (Fsp3) is 0.500. The minimum Gasteiger partial charge on any atom is -0.466 e. The number of benzene rings is 1. The quantitative estimate of drug-likeness (QED) is 0.526. The van der Waals surface area contributed by atoms with Gasteiger partial charge in [0.05, 0.1) is 21.8 Å². The molecule has 0 aliphatic carbocycles. The van der Waals surface area contributed by atoms with Crippen LogP contribution < -0.4 is 0 Å². The average Bonchev–Trinajstić information content (AvgIpc) is 2.80. The van der Waals surface area contributed by atoms with Gasteiger partial charge in [-0.05, 0) is 32.4 Å². The summed E-state index contributed by atoms with van der Waals surface area (Å²) in [4.78, 5) is 15.0. The first kappa shape index (κ1) is 20.1. The lowest BCUT2D eigenvalue weighted by Crippen LogP contribution is -2.02. The van der Waals surface area contributed by atoms with Gasteiger partial charge in [0, 0.05) is 6.42 Å². The van der Waals surface area contributed by atoms with Crippen molar-refractivity contribution in [1.82, 2.24) is 4.98 Å². The number of carbonyl (C=O) groups excluding carboxylic acids is 1. The molecule has 0 spiro atoms. The van der Waals surface area contributed by atoms with Crippen LogP contribution in [0.3, 0.4) is 0 Å². The number of hydrogen-bond acceptors (Lipinski definition) is 4. The number of aromatic nitrogens is 1. The number of unbranched alkanes of at least 4 members (excludes halogenated alkanes) is 2. The number of halogens is 1. The zero-order valence-corrected chi connectivity index (χ0v) is 15.5. The van der Waals surface area contributed by atoms with Crippen molar-refractivity contribution < 1.29 is 9.53 Å². The smallest absolute Gasteiger partial charge is 0.305 e. The molecule has 1 aromatic heterocycles. The Balaban J connectivity index is 0.000000364. The largest absolute Gasteiger partial charge is 0.466 e. The molecule has 1 heterocycles. The van der Waals surface area contributed by atoms with E-state index >= 15 is 0 Å². The number of rotatable bonds is 5. The Morgan fingerprint density at radius 2 is 1.95 bits per heavy atom. The molecule has 0 saturated heterocycles. The topological polar surface area (TPSA) is 39.2 Å². The Bertz CT molecular complexity index is 495. The molecule has 0 saturated carbocycles. The van der Waals surface area contributed by atoms with Crippen LogP contribution in [0.15, 0.2) is 24.3 Å². The molecule has 0 radical (unpaired) electrons. The summed E-state index contributed by atoms with van der Waals surface area (Å²) in [5.41, 5.74) is 1.12. The minimum absolute atomic E-state index is 0. The molecular formula is C16H24BrNO2S. The number of thiazole rings is 1. The van der Waals surface area contributed by atoms with Gasteiger partial charge < -0.3 is 4.74 Å². The minimum atomic E-state index is -0.0593. The summed E-state index contributed by atoms with van der Waals surface area (Å²) in [5, 5.41) is 1.14. The molecule has 0 amide bonds. The van der Waals surface area contributed by atoms with E-state index in [0.717, 1.165) is 29.8 Å². The normalized spacial score (nSPS) is 9.48. The van der Waals surface area contributed by atoms with E-state index in [1.54, 1.807) is 11.3 Å². The Hall–Kier alpha value is -0.940. The van der Waals surface area contributed by atoms with E-state index in [2.05, 4.69) is 18.0 Å². The second-order valence-electron chi connectivity index (χ2n) is 4.46. The molecule has 2 aromatic rings. The van der Waals surface area contributed by atoms with E-state index in [0.29, 0.717) is 13.0 Å². The van der Waals surface area contributed by atoms with Gasteiger partial charge in [0.1, 0.15) is 0 Å². The van der Waals surface area contributed by atoms with Crippen molar-refractivity contribution in [2.24, 2.45) is 0 Å². The predicted octanol–water partition coefficient (Wildman–Crippen LogP) is 5.31. The number of hydrogen-bond donors (Lipinski definition) is 0. The molecule has 0 aliphatic rings. The third kappa shape index (κ3) is 8.17. The molecule has 3 nitrogen and oxygen atoms in total. The van der Waals surface area contributed by atoms with E-state index in [4.69, 9.17) is 4.74 Å². The Labute approximate surface area is 141 Å². The maximum atomic E-state index is 10.7. The molecule has 0 fully saturated rings. The Morgan fingerprint density at radius 1 is 1.24 bits per heavy atom. The van der Waals surface area contributed by atoms with Crippen LogP contribution in [-0.4, -0.2) is 17.6 Å². The van der Waals surface area contributed by atoms with Crippen LogP contribution in [0.4, 0.5) is 0 Å². The van der Waals surface area contributed by atoms with Crippen LogP contribution in [0, 0.1) is 6.92 Å². The number of aryl methyl sites for hydroxylation is 1. The van der Waals surface area contributed by atoms with Crippen molar-refractivity contribution in [1.29, 1.82) is 0 Å². The molecular weight excluding hydrogens is 350 g/mol. The first-order valence-corrected chi connectivity index (χ1v) is 7.96. The second-order valence-corrected chi connectivity index (χ2v) is 5.70. The Morgan fingerprint density at radius 3 is 2.57 bits per heavy atom. The van der Waals surface area contributed by atoms with E-state index in [1.807, 2.05) is 32.0 Å². The van der Waals surface area contributed by atoms with Gasteiger partial charge in [0.15, 0.2) is 0 Å². The lowest BCUT2D eigenvalue weighted by Gasteiger charge is -1.99. The summed E-state index contributed by atoms with van der Waals surface area (Å²) in [6, 6.07) is 8.19. The van der Waals surface area contributed by atoms with Gasteiger partial charge in [-0.25, -0.2) is 4.98 Å². The number of carbonyl (C=O) groups is 1.